The number of aryl methyl sites for hydroxylation is 1. The lowest BCUT2D eigenvalue weighted by Crippen LogP contribution is -2.44. The van der Waals surface area contributed by atoms with Gasteiger partial charge in [-0.15, -0.1) is 0 Å². The normalized spacial score (nSPS) is 16.2. The topological polar surface area (TPSA) is 52.7 Å². The lowest BCUT2D eigenvalue weighted by molar-refractivity contribution is -0.120. The standard InChI is InChI=1S/C22H25ClFN3O2/c1-15-7-8-19(14-20(15)24)25-21(28)16(2)26-9-4-10-27(12-11-26)22(29)17-5-3-6-18(23)13-17/h3,5-8,13-14,16H,4,9-12H2,1-2H3,(H,25,28). The molecule has 0 bridgehead atoms. The van der Waals surface area contributed by atoms with Crippen LogP contribution >= 0.6 is 11.6 Å². The average molecular weight is 418 g/mol. The molecule has 0 saturated carbocycles. The number of benzene rings is 2. The van der Waals surface area contributed by atoms with Gasteiger partial charge in [0.15, 0.2) is 0 Å². The third-order valence-corrected chi connectivity index (χ3v) is 5.49. The van der Waals surface area contributed by atoms with Crippen molar-refractivity contribution in [2.24, 2.45) is 0 Å². The maximum absolute atomic E-state index is 13.7. The summed E-state index contributed by atoms with van der Waals surface area (Å²) in [7, 11) is 0. The Morgan fingerprint density at radius 1 is 1.10 bits per heavy atom. The first-order chi connectivity index (χ1) is 13.8. The zero-order valence-corrected chi connectivity index (χ0v) is 17.4. The van der Waals surface area contributed by atoms with E-state index >= 15 is 0 Å². The van der Waals surface area contributed by atoms with Crippen LogP contribution in [0.4, 0.5) is 10.1 Å². The van der Waals surface area contributed by atoms with Crippen molar-refractivity contribution in [2.45, 2.75) is 26.3 Å². The van der Waals surface area contributed by atoms with Gasteiger partial charge in [0.2, 0.25) is 5.91 Å². The maximum atomic E-state index is 13.7. The molecule has 2 aromatic rings. The van der Waals surface area contributed by atoms with Crippen LogP contribution in [0.5, 0.6) is 0 Å². The highest BCUT2D eigenvalue weighted by Crippen LogP contribution is 2.17. The smallest absolute Gasteiger partial charge is 0.253 e. The first-order valence-corrected chi connectivity index (χ1v) is 10.1. The monoisotopic (exact) mass is 417 g/mol. The SMILES string of the molecule is Cc1ccc(NC(=O)C(C)N2CCCN(C(=O)c3cccc(Cl)c3)CC2)cc1F. The third-order valence-electron chi connectivity index (χ3n) is 5.26. The summed E-state index contributed by atoms with van der Waals surface area (Å²) in [6.07, 6.45) is 0.767. The van der Waals surface area contributed by atoms with Gasteiger partial charge in [-0.05, 0) is 56.2 Å². The summed E-state index contributed by atoms with van der Waals surface area (Å²) in [6, 6.07) is 11.2. The second-order valence-corrected chi connectivity index (χ2v) is 7.76. The molecule has 1 heterocycles. The van der Waals surface area contributed by atoms with Crippen LogP contribution in [0.15, 0.2) is 42.5 Å². The molecule has 2 amide bonds. The Balaban J connectivity index is 1.60. The minimum atomic E-state index is -0.388. The number of nitrogens with one attached hydrogen (secondary N) is 1. The van der Waals surface area contributed by atoms with E-state index in [1.807, 2.05) is 11.8 Å². The first-order valence-electron chi connectivity index (χ1n) is 9.71. The molecule has 29 heavy (non-hydrogen) atoms. The second kappa shape index (κ2) is 9.37. The fraction of sp³-hybridized carbons (Fsp3) is 0.364. The second-order valence-electron chi connectivity index (χ2n) is 7.32. The highest BCUT2D eigenvalue weighted by atomic mass is 35.5. The molecule has 0 aliphatic carbocycles. The molecule has 5 nitrogen and oxygen atoms in total. The summed E-state index contributed by atoms with van der Waals surface area (Å²) in [5, 5.41) is 3.31. The summed E-state index contributed by atoms with van der Waals surface area (Å²) in [4.78, 5) is 29.2. The highest BCUT2D eigenvalue weighted by Gasteiger charge is 2.26. The number of anilines is 1. The van der Waals surface area contributed by atoms with Crippen LogP contribution in [-0.2, 0) is 4.79 Å². The van der Waals surface area contributed by atoms with E-state index in [9.17, 15) is 14.0 Å². The summed E-state index contributed by atoms with van der Waals surface area (Å²) in [6.45, 7) is 5.95. The van der Waals surface area contributed by atoms with Crippen molar-refractivity contribution in [3.8, 4) is 0 Å². The molecule has 0 spiro atoms. The van der Waals surface area contributed by atoms with Crippen LogP contribution in [-0.4, -0.2) is 53.8 Å². The lowest BCUT2D eigenvalue weighted by Gasteiger charge is -2.27. The van der Waals surface area contributed by atoms with E-state index in [0.717, 1.165) is 6.42 Å². The Bertz CT molecular complexity index is 905. The number of nitrogens with zero attached hydrogens (tertiary/aromatic N) is 2. The van der Waals surface area contributed by atoms with Crippen molar-refractivity contribution in [2.75, 3.05) is 31.5 Å². The van der Waals surface area contributed by atoms with Crippen molar-refractivity contribution >= 4 is 29.1 Å². The molecule has 2 aromatic carbocycles. The summed E-state index contributed by atoms with van der Waals surface area (Å²) < 4.78 is 13.7. The van der Waals surface area contributed by atoms with Gasteiger partial charge in [-0.1, -0.05) is 23.7 Å². The van der Waals surface area contributed by atoms with E-state index in [-0.39, 0.29) is 23.7 Å². The van der Waals surface area contributed by atoms with Crippen molar-refractivity contribution in [3.05, 3.63) is 64.4 Å². The molecular formula is C22H25ClFN3O2. The van der Waals surface area contributed by atoms with Gasteiger partial charge in [-0.25, -0.2) is 4.39 Å². The Morgan fingerprint density at radius 3 is 2.62 bits per heavy atom. The van der Waals surface area contributed by atoms with Gasteiger partial charge < -0.3 is 10.2 Å². The third kappa shape index (κ3) is 5.34. The van der Waals surface area contributed by atoms with Crippen molar-refractivity contribution in [1.29, 1.82) is 0 Å². The molecule has 0 aromatic heterocycles. The molecule has 1 atom stereocenters. The summed E-state index contributed by atoms with van der Waals surface area (Å²) in [5.41, 5.74) is 1.55. The predicted octanol–water partition coefficient (Wildman–Crippen LogP) is 3.96. The molecule has 1 aliphatic heterocycles. The number of carbonyl (C=O) groups excluding carboxylic acids is 2. The van der Waals surface area contributed by atoms with Crippen LogP contribution < -0.4 is 5.32 Å². The molecule has 1 saturated heterocycles. The van der Waals surface area contributed by atoms with Crippen LogP contribution in [0.25, 0.3) is 0 Å². The maximum Gasteiger partial charge on any atom is 0.253 e. The Hall–Kier alpha value is -2.44. The number of halogens is 2. The van der Waals surface area contributed by atoms with E-state index in [1.54, 1.807) is 48.2 Å². The number of amides is 2. The minimum absolute atomic E-state index is 0.0541. The number of hydrogen-bond donors (Lipinski definition) is 1. The van der Waals surface area contributed by atoms with Crippen molar-refractivity contribution in [1.82, 2.24) is 9.80 Å². The molecule has 1 unspecified atom stereocenters. The summed E-state index contributed by atoms with van der Waals surface area (Å²) >= 11 is 6.00. The van der Waals surface area contributed by atoms with Gasteiger partial charge in [0.1, 0.15) is 5.82 Å². The largest absolute Gasteiger partial charge is 0.337 e. The van der Waals surface area contributed by atoms with E-state index < -0.39 is 0 Å². The average Bonchev–Trinajstić information content (AvgIpc) is 2.96. The van der Waals surface area contributed by atoms with Crippen LogP contribution in [0, 0.1) is 12.7 Å². The van der Waals surface area contributed by atoms with Crippen molar-refractivity contribution in [3.63, 3.8) is 0 Å². The Morgan fingerprint density at radius 2 is 1.90 bits per heavy atom. The number of carbonyl (C=O) groups is 2. The minimum Gasteiger partial charge on any atom is -0.337 e. The molecule has 7 heteroatoms. The van der Waals surface area contributed by atoms with Gasteiger partial charge in [0, 0.05) is 42.5 Å². The van der Waals surface area contributed by atoms with Crippen LogP contribution in [0.1, 0.15) is 29.3 Å². The van der Waals surface area contributed by atoms with Gasteiger partial charge in [0.25, 0.3) is 5.91 Å². The number of rotatable bonds is 4. The van der Waals surface area contributed by atoms with Crippen LogP contribution in [0.3, 0.4) is 0 Å². The van der Waals surface area contributed by atoms with E-state index in [1.165, 1.54) is 6.07 Å². The van der Waals surface area contributed by atoms with E-state index in [2.05, 4.69) is 5.32 Å². The van der Waals surface area contributed by atoms with Gasteiger partial charge in [-0.2, -0.15) is 0 Å². The predicted molar refractivity (Wildman–Crippen MR) is 113 cm³/mol. The molecule has 1 aliphatic rings. The molecule has 1 fully saturated rings. The first kappa shape index (κ1) is 21.3. The van der Waals surface area contributed by atoms with E-state index in [4.69, 9.17) is 11.6 Å². The Kier molecular flexibility index (Phi) is 6.87. The highest BCUT2D eigenvalue weighted by molar-refractivity contribution is 6.30. The fourth-order valence-electron chi connectivity index (χ4n) is 3.42. The molecule has 1 N–H and O–H groups in total. The quantitative estimate of drug-likeness (QED) is 0.819. The molecule has 3 rings (SSSR count). The number of hydrogen-bond acceptors (Lipinski definition) is 3. The van der Waals surface area contributed by atoms with E-state index in [0.29, 0.717) is 48.0 Å². The summed E-state index contributed by atoms with van der Waals surface area (Å²) in [5.74, 6) is -0.593. The molecule has 0 radical (unpaired) electrons. The van der Waals surface area contributed by atoms with Crippen LogP contribution in [0.2, 0.25) is 5.02 Å². The molecule has 154 valence electrons. The zero-order valence-electron chi connectivity index (χ0n) is 16.6. The van der Waals surface area contributed by atoms with Gasteiger partial charge in [0.05, 0.1) is 6.04 Å². The van der Waals surface area contributed by atoms with Gasteiger partial charge >= 0.3 is 0 Å². The zero-order chi connectivity index (χ0) is 21.0. The van der Waals surface area contributed by atoms with Gasteiger partial charge in [-0.3, -0.25) is 14.5 Å². The fourth-order valence-corrected chi connectivity index (χ4v) is 3.61. The Labute approximate surface area is 175 Å². The molecular weight excluding hydrogens is 393 g/mol. The van der Waals surface area contributed by atoms with Crippen molar-refractivity contribution < 1.29 is 14.0 Å². The lowest BCUT2D eigenvalue weighted by atomic mass is 10.2.